The van der Waals surface area contributed by atoms with E-state index in [1.807, 2.05) is 36.2 Å². The van der Waals surface area contributed by atoms with Crippen molar-refractivity contribution in [3.05, 3.63) is 35.4 Å². The highest BCUT2D eigenvalue weighted by Crippen LogP contribution is 2.22. The van der Waals surface area contributed by atoms with E-state index in [0.29, 0.717) is 30.7 Å². The summed E-state index contributed by atoms with van der Waals surface area (Å²) in [4.78, 5) is 28.3. The van der Waals surface area contributed by atoms with Gasteiger partial charge in [0.15, 0.2) is 0 Å². The molecule has 1 aromatic carbocycles. The first-order valence-electron chi connectivity index (χ1n) is 8.73. The summed E-state index contributed by atoms with van der Waals surface area (Å²) < 4.78 is 0. The smallest absolute Gasteiger partial charge is 0.251 e. The van der Waals surface area contributed by atoms with E-state index in [-0.39, 0.29) is 11.8 Å². The number of benzene rings is 1. The summed E-state index contributed by atoms with van der Waals surface area (Å²) in [7, 11) is 3.59. The number of likely N-dealkylation sites (N-methyl/N-ethyl adjacent to an activating group) is 1. The fourth-order valence-electron chi connectivity index (χ4n) is 3.50. The van der Waals surface area contributed by atoms with Crippen LogP contribution in [0.2, 0.25) is 0 Å². The second kappa shape index (κ2) is 8.29. The summed E-state index contributed by atoms with van der Waals surface area (Å²) in [5.41, 5.74) is 1.74. The molecule has 0 saturated carbocycles. The van der Waals surface area contributed by atoms with E-state index in [9.17, 15) is 9.59 Å². The molecule has 0 bridgehead atoms. The Hall–Kier alpha value is -1.88. The molecule has 1 saturated heterocycles. The second-order valence-corrected chi connectivity index (χ2v) is 6.88. The van der Waals surface area contributed by atoms with E-state index in [0.717, 1.165) is 18.4 Å². The predicted molar refractivity (Wildman–Crippen MR) is 95.8 cm³/mol. The maximum atomic E-state index is 12.6. The number of rotatable bonds is 5. The zero-order valence-electron chi connectivity index (χ0n) is 15.2. The number of amides is 2. The minimum Gasteiger partial charge on any atom is -0.355 e. The van der Waals surface area contributed by atoms with Gasteiger partial charge < -0.3 is 10.2 Å². The second-order valence-electron chi connectivity index (χ2n) is 6.88. The van der Waals surface area contributed by atoms with Crippen LogP contribution < -0.4 is 5.32 Å². The number of piperidine rings is 1. The molecule has 0 aromatic heterocycles. The van der Waals surface area contributed by atoms with E-state index >= 15 is 0 Å². The van der Waals surface area contributed by atoms with Crippen molar-refractivity contribution in [2.75, 3.05) is 20.6 Å². The number of hydrogen-bond acceptors (Lipinski definition) is 3. The van der Waals surface area contributed by atoms with E-state index < -0.39 is 0 Å². The van der Waals surface area contributed by atoms with Gasteiger partial charge in [0.2, 0.25) is 5.91 Å². The molecule has 5 heteroatoms. The van der Waals surface area contributed by atoms with Crippen LogP contribution in [0.25, 0.3) is 0 Å². The zero-order chi connectivity index (χ0) is 17.7. The molecule has 1 aliphatic rings. The molecule has 2 atom stereocenters. The first kappa shape index (κ1) is 18.5. The number of carbonyl (C=O) groups excluding carboxylic acids is 2. The fraction of sp³-hybridized carbons (Fsp3) is 0.579. The molecule has 1 aromatic rings. The van der Waals surface area contributed by atoms with Crippen molar-refractivity contribution in [3.63, 3.8) is 0 Å². The average Bonchev–Trinajstić information content (AvgIpc) is 2.54. The van der Waals surface area contributed by atoms with Crippen molar-refractivity contribution < 1.29 is 9.59 Å². The standard InChI is InChI=1S/C19H29N3O2/c1-14-6-5-7-15(2)22(14)18(23)13-21(4)12-16-8-10-17(11-9-16)19(24)20-3/h8-11,14-15H,5-7,12-13H2,1-4H3,(H,20,24). The molecule has 1 N–H and O–H groups in total. The summed E-state index contributed by atoms with van der Waals surface area (Å²) in [5.74, 6) is 0.123. The van der Waals surface area contributed by atoms with Crippen LogP contribution in [0.4, 0.5) is 0 Å². The van der Waals surface area contributed by atoms with Crippen LogP contribution in [0, 0.1) is 0 Å². The molecule has 1 heterocycles. The molecule has 132 valence electrons. The van der Waals surface area contributed by atoms with Gasteiger partial charge in [0.05, 0.1) is 6.54 Å². The first-order valence-corrected chi connectivity index (χ1v) is 8.73. The van der Waals surface area contributed by atoms with Gasteiger partial charge in [-0.3, -0.25) is 14.5 Å². The van der Waals surface area contributed by atoms with Gasteiger partial charge in [-0.1, -0.05) is 12.1 Å². The van der Waals surface area contributed by atoms with Gasteiger partial charge in [-0.15, -0.1) is 0 Å². The Kier molecular flexibility index (Phi) is 6.37. The Balaban J connectivity index is 1.91. The maximum Gasteiger partial charge on any atom is 0.251 e. The fourth-order valence-corrected chi connectivity index (χ4v) is 3.50. The Morgan fingerprint density at radius 3 is 2.29 bits per heavy atom. The van der Waals surface area contributed by atoms with Crippen molar-refractivity contribution in [3.8, 4) is 0 Å². The summed E-state index contributed by atoms with van der Waals surface area (Å²) in [6.45, 7) is 5.40. The van der Waals surface area contributed by atoms with Gasteiger partial charge >= 0.3 is 0 Å². The Bertz CT molecular complexity index is 560. The summed E-state index contributed by atoms with van der Waals surface area (Å²) >= 11 is 0. The summed E-state index contributed by atoms with van der Waals surface area (Å²) in [6, 6.07) is 8.19. The normalized spacial score (nSPS) is 21.0. The lowest BCUT2D eigenvalue weighted by Gasteiger charge is -2.39. The largest absolute Gasteiger partial charge is 0.355 e. The zero-order valence-corrected chi connectivity index (χ0v) is 15.2. The minimum atomic E-state index is -0.0850. The van der Waals surface area contributed by atoms with Crippen LogP contribution >= 0.6 is 0 Å². The molecule has 0 spiro atoms. The highest BCUT2D eigenvalue weighted by molar-refractivity contribution is 5.93. The molecular weight excluding hydrogens is 302 g/mol. The number of nitrogens with one attached hydrogen (secondary N) is 1. The van der Waals surface area contributed by atoms with Gasteiger partial charge in [-0.25, -0.2) is 0 Å². The highest BCUT2D eigenvalue weighted by atomic mass is 16.2. The topological polar surface area (TPSA) is 52.7 Å². The third kappa shape index (κ3) is 4.57. The molecule has 0 aliphatic carbocycles. The molecule has 5 nitrogen and oxygen atoms in total. The van der Waals surface area contributed by atoms with Crippen LogP contribution in [-0.2, 0) is 11.3 Å². The molecular formula is C19H29N3O2. The Labute approximate surface area is 145 Å². The summed E-state index contributed by atoms with van der Waals surface area (Å²) in [6.07, 6.45) is 3.40. The van der Waals surface area contributed by atoms with Crippen LogP contribution in [0.15, 0.2) is 24.3 Å². The van der Waals surface area contributed by atoms with Crippen LogP contribution in [0.3, 0.4) is 0 Å². The molecule has 2 unspecified atom stereocenters. The van der Waals surface area contributed by atoms with Crippen molar-refractivity contribution in [2.24, 2.45) is 0 Å². The van der Waals surface area contributed by atoms with Crippen molar-refractivity contribution in [2.45, 2.75) is 51.7 Å². The molecule has 0 radical (unpaired) electrons. The quantitative estimate of drug-likeness (QED) is 0.900. The molecule has 1 fully saturated rings. The average molecular weight is 331 g/mol. The SMILES string of the molecule is CNC(=O)c1ccc(CN(C)CC(=O)N2C(C)CCCC2C)cc1. The predicted octanol–water partition coefficient (Wildman–Crippen LogP) is 2.27. The highest BCUT2D eigenvalue weighted by Gasteiger charge is 2.29. The lowest BCUT2D eigenvalue weighted by Crippen LogP contribution is -2.50. The molecule has 2 amide bonds. The van der Waals surface area contributed by atoms with Gasteiger partial charge in [0, 0.05) is 31.2 Å². The monoisotopic (exact) mass is 331 g/mol. The van der Waals surface area contributed by atoms with Crippen LogP contribution in [0.5, 0.6) is 0 Å². The minimum absolute atomic E-state index is 0.0850. The van der Waals surface area contributed by atoms with Crippen molar-refractivity contribution in [1.82, 2.24) is 15.1 Å². The van der Waals surface area contributed by atoms with Crippen molar-refractivity contribution >= 4 is 11.8 Å². The van der Waals surface area contributed by atoms with Crippen molar-refractivity contribution in [1.29, 1.82) is 0 Å². The molecule has 1 aliphatic heterocycles. The van der Waals surface area contributed by atoms with Gasteiger partial charge in [0.1, 0.15) is 0 Å². The lowest BCUT2D eigenvalue weighted by atomic mass is 9.97. The number of carbonyl (C=O) groups is 2. The lowest BCUT2D eigenvalue weighted by molar-refractivity contribution is -0.138. The van der Waals surface area contributed by atoms with Crippen LogP contribution in [-0.4, -0.2) is 54.3 Å². The first-order chi connectivity index (χ1) is 11.4. The number of nitrogens with zero attached hydrogens (tertiary/aromatic N) is 2. The molecule has 2 rings (SSSR count). The number of hydrogen-bond donors (Lipinski definition) is 1. The van der Waals surface area contributed by atoms with Gasteiger partial charge in [-0.05, 0) is 57.9 Å². The third-order valence-corrected chi connectivity index (χ3v) is 4.78. The van der Waals surface area contributed by atoms with Gasteiger partial charge in [0.25, 0.3) is 5.91 Å². The van der Waals surface area contributed by atoms with E-state index in [4.69, 9.17) is 0 Å². The third-order valence-electron chi connectivity index (χ3n) is 4.78. The maximum absolute atomic E-state index is 12.6. The number of likely N-dealkylation sites (tertiary alicyclic amines) is 1. The van der Waals surface area contributed by atoms with E-state index in [1.165, 1.54) is 6.42 Å². The van der Waals surface area contributed by atoms with E-state index in [1.54, 1.807) is 7.05 Å². The van der Waals surface area contributed by atoms with E-state index in [2.05, 4.69) is 24.1 Å². The molecule has 24 heavy (non-hydrogen) atoms. The van der Waals surface area contributed by atoms with Crippen LogP contribution in [0.1, 0.15) is 49.0 Å². The Morgan fingerprint density at radius 2 is 1.75 bits per heavy atom. The Morgan fingerprint density at radius 1 is 1.17 bits per heavy atom. The van der Waals surface area contributed by atoms with Gasteiger partial charge in [-0.2, -0.15) is 0 Å². The summed E-state index contributed by atoms with van der Waals surface area (Å²) in [5, 5.41) is 2.61.